The molecule has 0 aliphatic heterocycles. The van der Waals surface area contributed by atoms with Crippen LogP contribution < -0.4 is 12.4 Å². The molecule has 0 bridgehead atoms. The third-order valence-corrected chi connectivity index (χ3v) is 0. The molecule has 0 aliphatic rings. The first-order valence-corrected chi connectivity index (χ1v) is 1.41. The van der Waals surface area contributed by atoms with Crippen LogP contribution in [0.1, 0.15) is 13.8 Å². The van der Waals surface area contributed by atoms with Gasteiger partial charge in [-0.25, -0.2) is 0 Å². The van der Waals surface area contributed by atoms with E-state index in [0.29, 0.717) is 0 Å². The van der Waals surface area contributed by atoms with Crippen LogP contribution in [-0.2, 0) is 16.5 Å². The zero-order valence-electron chi connectivity index (χ0n) is 3.72. The number of aliphatic hydroxyl groups is 1. The Morgan fingerprint density at radius 1 is 1.33 bits per heavy atom. The molecule has 0 fully saturated rings. The van der Waals surface area contributed by atoms with Crippen LogP contribution in [0.3, 0.4) is 0 Å². The zero-order valence-corrected chi connectivity index (χ0v) is 5.46. The van der Waals surface area contributed by atoms with Crippen molar-refractivity contribution in [1.29, 1.82) is 0 Å². The van der Waals surface area contributed by atoms with Crippen molar-refractivity contribution in [2.75, 3.05) is 0 Å². The predicted octanol–water partition coefficient (Wildman–Crippen LogP) is -2.61. The summed E-state index contributed by atoms with van der Waals surface area (Å²) in [5.41, 5.74) is 0. The van der Waals surface area contributed by atoms with Crippen molar-refractivity contribution >= 4 is 0 Å². The Bertz CT molecular complexity index is 15.5. The van der Waals surface area contributed by atoms with Crippen LogP contribution in [0.25, 0.3) is 0 Å². The van der Waals surface area contributed by atoms with Crippen molar-refractivity contribution in [1.82, 2.24) is 0 Å². The Hall–Kier alpha value is 0.744. The molecule has 1 N–H and O–H groups in total. The van der Waals surface area contributed by atoms with E-state index in [1.54, 1.807) is 13.8 Å². The molecule has 0 aromatic heterocycles. The van der Waals surface area contributed by atoms with Crippen LogP contribution in [0.2, 0.25) is 0 Å². The summed E-state index contributed by atoms with van der Waals surface area (Å²) < 4.78 is 0. The molecule has 0 aromatic rings. The smallest absolute Gasteiger partial charge is 0.0483 e. The Morgan fingerprint density at radius 3 is 1.33 bits per heavy atom. The normalized spacial score (nSPS) is 6.00. The van der Waals surface area contributed by atoms with E-state index < -0.39 is 0 Å². The van der Waals surface area contributed by atoms with Gasteiger partial charge >= 0.3 is 0 Å². The number of halogens is 1. The van der Waals surface area contributed by atoms with Gasteiger partial charge in [0.25, 0.3) is 0 Å². The first-order valence-electron chi connectivity index (χ1n) is 1.41. The molecular weight excluding hydrogens is 146 g/mol. The second kappa shape index (κ2) is 9.22. The Balaban J connectivity index is -0.0000000450. The number of hydrogen-bond acceptors (Lipinski definition) is 1. The maximum Gasteiger partial charge on any atom is 0.0483 e. The predicted molar refractivity (Wildman–Crippen MR) is 17.4 cm³/mol. The van der Waals surface area contributed by atoms with Gasteiger partial charge in [-0.05, 0) is 13.8 Å². The minimum Gasteiger partial charge on any atom is -1.00 e. The first kappa shape index (κ1) is 15.9. The van der Waals surface area contributed by atoms with Crippen LogP contribution in [0.4, 0.5) is 0 Å². The van der Waals surface area contributed by atoms with Gasteiger partial charge in [0, 0.05) is 22.6 Å². The van der Waals surface area contributed by atoms with Crippen LogP contribution >= 0.6 is 0 Å². The van der Waals surface area contributed by atoms with Crippen molar-refractivity contribution in [3.8, 4) is 0 Å². The summed E-state index contributed by atoms with van der Waals surface area (Å²) in [6, 6.07) is 0. The standard InChI is InChI=1S/C3H8O.ClH.Ni/c1-3(2)4;;/h3-4H,1-2H3;1H;/p-1. The van der Waals surface area contributed by atoms with Crippen LogP contribution in [-0.4, -0.2) is 11.2 Å². The molecule has 0 amide bonds. The molecule has 44 valence electrons. The Labute approximate surface area is 54.5 Å². The van der Waals surface area contributed by atoms with E-state index in [2.05, 4.69) is 0 Å². The molecule has 0 aromatic carbocycles. The van der Waals surface area contributed by atoms with Gasteiger partial charge in [0.15, 0.2) is 0 Å². The van der Waals surface area contributed by atoms with E-state index in [1.165, 1.54) is 0 Å². The first-order chi connectivity index (χ1) is 1.73. The summed E-state index contributed by atoms with van der Waals surface area (Å²) in [5.74, 6) is 0. The van der Waals surface area contributed by atoms with Crippen LogP contribution in [0.5, 0.6) is 0 Å². The average Bonchev–Trinajstić information content (AvgIpc) is 0.811. The molecule has 0 radical (unpaired) electrons. The number of hydrogen-bond donors (Lipinski definition) is 1. The van der Waals surface area contributed by atoms with Gasteiger partial charge in [-0.2, -0.15) is 0 Å². The molecule has 0 saturated carbocycles. The van der Waals surface area contributed by atoms with Gasteiger partial charge in [-0.15, -0.1) is 0 Å². The van der Waals surface area contributed by atoms with Gasteiger partial charge in [-0.3, -0.25) is 0 Å². The van der Waals surface area contributed by atoms with Crippen LogP contribution in [0.15, 0.2) is 0 Å². The summed E-state index contributed by atoms with van der Waals surface area (Å²) in [6.45, 7) is 3.44. The summed E-state index contributed by atoms with van der Waals surface area (Å²) in [7, 11) is 0. The Kier molecular flexibility index (Phi) is 24.4. The molecule has 0 heterocycles. The van der Waals surface area contributed by atoms with Gasteiger partial charge in [0.2, 0.25) is 0 Å². The largest absolute Gasteiger partial charge is 1.00 e. The second-order valence-corrected chi connectivity index (χ2v) is 1.09. The summed E-state index contributed by atoms with van der Waals surface area (Å²) in [5, 5.41) is 8.06. The SMILES string of the molecule is CC(C)O.[Cl-].[Ni]. The van der Waals surface area contributed by atoms with E-state index >= 15 is 0 Å². The molecule has 6 heavy (non-hydrogen) atoms. The minimum atomic E-state index is -0.167. The summed E-state index contributed by atoms with van der Waals surface area (Å²) in [4.78, 5) is 0. The fourth-order valence-corrected chi connectivity index (χ4v) is 0. The van der Waals surface area contributed by atoms with E-state index in [0.717, 1.165) is 0 Å². The molecule has 0 saturated heterocycles. The molecule has 0 unspecified atom stereocenters. The monoisotopic (exact) mass is 153 g/mol. The molecule has 0 aliphatic carbocycles. The fraction of sp³-hybridized carbons (Fsp3) is 1.00. The van der Waals surface area contributed by atoms with Crippen molar-refractivity contribution in [3.63, 3.8) is 0 Å². The van der Waals surface area contributed by atoms with Crippen molar-refractivity contribution < 1.29 is 34.0 Å². The topological polar surface area (TPSA) is 20.2 Å². The molecule has 0 rings (SSSR count). The van der Waals surface area contributed by atoms with E-state index in [-0.39, 0.29) is 35.0 Å². The maximum atomic E-state index is 8.06. The van der Waals surface area contributed by atoms with E-state index in [9.17, 15) is 0 Å². The number of aliphatic hydroxyl groups excluding tert-OH is 1. The van der Waals surface area contributed by atoms with Gasteiger partial charge < -0.3 is 17.5 Å². The van der Waals surface area contributed by atoms with Gasteiger partial charge in [0.05, 0.1) is 0 Å². The van der Waals surface area contributed by atoms with Gasteiger partial charge in [-0.1, -0.05) is 0 Å². The van der Waals surface area contributed by atoms with Crippen LogP contribution in [0, 0.1) is 0 Å². The molecule has 3 heteroatoms. The van der Waals surface area contributed by atoms with Crippen molar-refractivity contribution in [2.45, 2.75) is 20.0 Å². The van der Waals surface area contributed by atoms with E-state index in [1.807, 2.05) is 0 Å². The van der Waals surface area contributed by atoms with E-state index in [4.69, 9.17) is 5.11 Å². The third-order valence-electron chi connectivity index (χ3n) is 0. The minimum absolute atomic E-state index is 0. The molecule has 1 nitrogen and oxygen atoms in total. The molecule has 0 atom stereocenters. The quantitative estimate of drug-likeness (QED) is 0.379. The second-order valence-electron chi connectivity index (χ2n) is 1.09. The number of rotatable bonds is 0. The summed E-state index contributed by atoms with van der Waals surface area (Å²) >= 11 is 0. The van der Waals surface area contributed by atoms with Crippen molar-refractivity contribution in [3.05, 3.63) is 0 Å². The fourth-order valence-electron chi connectivity index (χ4n) is 0. The van der Waals surface area contributed by atoms with Gasteiger partial charge in [0.1, 0.15) is 0 Å². The zero-order chi connectivity index (χ0) is 3.58. The summed E-state index contributed by atoms with van der Waals surface area (Å²) in [6.07, 6.45) is -0.167. The molecule has 0 spiro atoms. The maximum absolute atomic E-state index is 8.06. The van der Waals surface area contributed by atoms with Crippen molar-refractivity contribution in [2.24, 2.45) is 0 Å². The average molecular weight is 154 g/mol. The molecular formula is C3H8ClNiO-. The third kappa shape index (κ3) is 120. The Morgan fingerprint density at radius 2 is 1.33 bits per heavy atom.